The number of hydrogen-bond acceptors (Lipinski definition) is 2. The molecule has 2 N–H and O–H groups in total. The smallest absolute Gasteiger partial charge is 0.307 e. The van der Waals surface area contributed by atoms with Crippen molar-refractivity contribution in [2.75, 3.05) is 11.2 Å². The molecule has 0 atom stereocenters. The summed E-state index contributed by atoms with van der Waals surface area (Å²) in [6.45, 7) is 0. The number of amides is 3. The van der Waals surface area contributed by atoms with E-state index in [-0.39, 0.29) is 4.47 Å². The molecule has 0 saturated heterocycles. The van der Waals surface area contributed by atoms with E-state index >= 15 is 0 Å². The van der Waals surface area contributed by atoms with Gasteiger partial charge in [-0.3, -0.25) is 10.1 Å². The van der Waals surface area contributed by atoms with Crippen LogP contribution in [0.15, 0.2) is 22.7 Å². The number of nitrogens with one attached hydrogen (secondary N) is 2. The Morgan fingerprint density at radius 1 is 1.32 bits per heavy atom. The Labute approximate surface area is 119 Å². The first kappa shape index (κ1) is 15.8. The van der Waals surface area contributed by atoms with Crippen molar-refractivity contribution in [3.63, 3.8) is 0 Å². The summed E-state index contributed by atoms with van der Waals surface area (Å²) in [5.41, 5.74) is -1.49. The van der Waals surface area contributed by atoms with Crippen LogP contribution in [0.3, 0.4) is 0 Å². The highest BCUT2D eigenvalue weighted by atomic mass is 79.9. The molecule has 0 aliphatic carbocycles. The van der Waals surface area contributed by atoms with Gasteiger partial charge < -0.3 is 5.32 Å². The van der Waals surface area contributed by atoms with Gasteiger partial charge in [0.2, 0.25) is 5.91 Å². The molecule has 0 aromatic heterocycles. The zero-order chi connectivity index (χ0) is 14.6. The lowest BCUT2D eigenvalue weighted by atomic mass is 10.1. The SMILES string of the molecule is O=C(CCl)NC(=O)Nc1ccc(Br)cc1C(F)(F)F. The maximum absolute atomic E-state index is 12.7. The van der Waals surface area contributed by atoms with Gasteiger partial charge in [-0.15, -0.1) is 11.6 Å². The lowest BCUT2D eigenvalue weighted by Gasteiger charge is -2.14. The van der Waals surface area contributed by atoms with Crippen molar-refractivity contribution in [2.24, 2.45) is 0 Å². The molecule has 0 aliphatic heterocycles. The molecule has 1 aromatic rings. The van der Waals surface area contributed by atoms with Gasteiger partial charge in [-0.25, -0.2) is 4.79 Å². The fourth-order valence-corrected chi connectivity index (χ4v) is 1.60. The van der Waals surface area contributed by atoms with E-state index in [1.54, 1.807) is 5.32 Å². The Kier molecular flexibility index (Phi) is 5.19. The van der Waals surface area contributed by atoms with Crippen LogP contribution in [0.4, 0.5) is 23.7 Å². The number of imide groups is 1. The Hall–Kier alpha value is -1.28. The van der Waals surface area contributed by atoms with Crippen LogP contribution in [0.5, 0.6) is 0 Å². The van der Waals surface area contributed by atoms with Crippen molar-refractivity contribution in [1.82, 2.24) is 5.32 Å². The molecule has 0 saturated carbocycles. The molecule has 0 heterocycles. The molecular weight excluding hydrogens is 352 g/mol. The monoisotopic (exact) mass is 358 g/mol. The Balaban J connectivity index is 2.95. The molecule has 0 spiro atoms. The van der Waals surface area contributed by atoms with Crippen LogP contribution in [-0.2, 0) is 11.0 Å². The molecule has 1 aromatic carbocycles. The molecule has 0 aliphatic rings. The van der Waals surface area contributed by atoms with Gasteiger partial charge in [0.1, 0.15) is 5.88 Å². The summed E-state index contributed by atoms with van der Waals surface area (Å²) < 4.78 is 38.4. The average Bonchev–Trinajstić information content (AvgIpc) is 2.29. The minimum Gasteiger partial charge on any atom is -0.307 e. The predicted octanol–water partition coefficient (Wildman–Crippen LogP) is 3.35. The molecule has 3 amide bonds. The van der Waals surface area contributed by atoms with Crippen LogP contribution < -0.4 is 10.6 Å². The third-order valence-corrected chi connectivity index (χ3v) is 2.65. The number of carbonyl (C=O) groups is 2. The van der Waals surface area contributed by atoms with Crippen molar-refractivity contribution in [2.45, 2.75) is 6.18 Å². The van der Waals surface area contributed by atoms with E-state index in [2.05, 4.69) is 15.9 Å². The molecule has 4 nitrogen and oxygen atoms in total. The van der Waals surface area contributed by atoms with Crippen molar-refractivity contribution in [3.05, 3.63) is 28.2 Å². The number of rotatable bonds is 2. The molecule has 0 unspecified atom stereocenters. The Morgan fingerprint density at radius 3 is 2.47 bits per heavy atom. The molecular formula is C10H7BrClF3N2O2. The lowest BCUT2D eigenvalue weighted by molar-refractivity contribution is -0.137. The molecule has 104 valence electrons. The molecule has 1 rings (SSSR count). The van der Waals surface area contributed by atoms with Gasteiger partial charge in [0.15, 0.2) is 0 Å². The normalized spacial score (nSPS) is 11.0. The summed E-state index contributed by atoms with van der Waals surface area (Å²) in [5.74, 6) is -1.29. The van der Waals surface area contributed by atoms with Crippen molar-refractivity contribution < 1.29 is 22.8 Å². The summed E-state index contributed by atoms with van der Waals surface area (Å²) in [7, 11) is 0. The molecule has 0 radical (unpaired) electrons. The second-order valence-corrected chi connectivity index (χ2v) is 4.51. The number of benzene rings is 1. The van der Waals surface area contributed by atoms with E-state index in [0.717, 1.165) is 12.1 Å². The van der Waals surface area contributed by atoms with E-state index in [9.17, 15) is 22.8 Å². The quantitative estimate of drug-likeness (QED) is 0.796. The van der Waals surface area contributed by atoms with Crippen molar-refractivity contribution >= 4 is 45.2 Å². The van der Waals surface area contributed by atoms with Gasteiger partial charge in [0.05, 0.1) is 11.3 Å². The third kappa shape index (κ3) is 4.71. The predicted molar refractivity (Wildman–Crippen MR) is 67.0 cm³/mol. The topological polar surface area (TPSA) is 58.2 Å². The van der Waals surface area contributed by atoms with Crippen LogP contribution >= 0.6 is 27.5 Å². The summed E-state index contributed by atoms with van der Waals surface area (Å²) >= 11 is 8.05. The zero-order valence-electron chi connectivity index (χ0n) is 9.15. The number of anilines is 1. The second-order valence-electron chi connectivity index (χ2n) is 3.32. The van der Waals surface area contributed by atoms with E-state index < -0.39 is 35.2 Å². The molecule has 19 heavy (non-hydrogen) atoms. The van der Waals surface area contributed by atoms with E-state index in [1.165, 1.54) is 6.07 Å². The van der Waals surface area contributed by atoms with Gasteiger partial charge >= 0.3 is 12.2 Å². The maximum Gasteiger partial charge on any atom is 0.418 e. The highest BCUT2D eigenvalue weighted by molar-refractivity contribution is 9.10. The van der Waals surface area contributed by atoms with E-state index in [4.69, 9.17) is 11.6 Å². The number of hydrogen-bond donors (Lipinski definition) is 2. The van der Waals surface area contributed by atoms with Crippen LogP contribution in [0.1, 0.15) is 5.56 Å². The standard InChI is InChI=1S/C10H7BrClF3N2O2/c11-5-1-2-7(6(3-5)10(13,14)15)16-9(19)17-8(18)4-12/h1-3H,4H2,(H2,16,17,18,19). The maximum atomic E-state index is 12.7. The highest BCUT2D eigenvalue weighted by Gasteiger charge is 2.34. The minimum absolute atomic E-state index is 0.211. The minimum atomic E-state index is -4.64. The van der Waals surface area contributed by atoms with Gasteiger partial charge in [-0.2, -0.15) is 13.2 Å². The third-order valence-electron chi connectivity index (χ3n) is 1.91. The van der Waals surface area contributed by atoms with Gasteiger partial charge in [0.25, 0.3) is 0 Å². The van der Waals surface area contributed by atoms with Gasteiger partial charge in [-0.05, 0) is 18.2 Å². The summed E-state index contributed by atoms with van der Waals surface area (Å²) in [5, 5.41) is 3.71. The first-order valence-corrected chi connectivity index (χ1v) is 6.10. The Bertz CT molecular complexity index is 508. The number of carbonyl (C=O) groups excluding carboxylic acids is 2. The molecule has 9 heteroatoms. The van der Waals surface area contributed by atoms with E-state index in [0.29, 0.717) is 0 Å². The lowest BCUT2D eigenvalue weighted by Crippen LogP contribution is -2.35. The molecule has 0 fully saturated rings. The number of halogens is 5. The summed E-state index contributed by atoms with van der Waals surface area (Å²) in [6.07, 6.45) is -4.64. The average molecular weight is 360 g/mol. The summed E-state index contributed by atoms with van der Waals surface area (Å²) in [4.78, 5) is 22.1. The Morgan fingerprint density at radius 2 is 1.95 bits per heavy atom. The first-order valence-electron chi connectivity index (χ1n) is 4.77. The van der Waals surface area contributed by atoms with Crippen LogP contribution in [0.25, 0.3) is 0 Å². The van der Waals surface area contributed by atoms with Crippen molar-refractivity contribution in [3.8, 4) is 0 Å². The first-order chi connectivity index (χ1) is 8.74. The fourth-order valence-electron chi connectivity index (χ4n) is 1.17. The van der Waals surface area contributed by atoms with Crippen LogP contribution in [-0.4, -0.2) is 17.8 Å². The highest BCUT2D eigenvalue weighted by Crippen LogP contribution is 2.36. The fraction of sp³-hybridized carbons (Fsp3) is 0.200. The number of alkyl halides is 4. The van der Waals surface area contributed by atoms with Crippen LogP contribution in [0, 0.1) is 0 Å². The van der Waals surface area contributed by atoms with Gasteiger partial charge in [-0.1, -0.05) is 15.9 Å². The second kappa shape index (κ2) is 6.25. The largest absolute Gasteiger partial charge is 0.418 e. The van der Waals surface area contributed by atoms with Gasteiger partial charge in [0, 0.05) is 4.47 Å². The number of urea groups is 1. The van der Waals surface area contributed by atoms with Crippen LogP contribution in [0.2, 0.25) is 0 Å². The zero-order valence-corrected chi connectivity index (χ0v) is 11.5. The van der Waals surface area contributed by atoms with E-state index in [1.807, 2.05) is 5.32 Å². The molecule has 0 bridgehead atoms. The van der Waals surface area contributed by atoms with Crippen molar-refractivity contribution in [1.29, 1.82) is 0 Å². The summed E-state index contributed by atoms with van der Waals surface area (Å²) in [6, 6.07) is 2.13.